The molecule has 80 valence electrons. The maximum atomic E-state index is 9.16. The fourth-order valence-electron chi connectivity index (χ4n) is 1.21. The van der Waals surface area contributed by atoms with E-state index >= 15 is 0 Å². The second kappa shape index (κ2) is 4.52. The maximum Gasteiger partial charge on any atom is 0.119 e. The van der Waals surface area contributed by atoms with Gasteiger partial charge in [0.1, 0.15) is 5.54 Å². The minimum atomic E-state index is -0.379. The number of nitriles is 1. The fraction of sp³-hybridized carbons (Fsp3) is 0.900. The van der Waals surface area contributed by atoms with Crippen LogP contribution in [0.5, 0.6) is 0 Å². The molecule has 0 radical (unpaired) electrons. The van der Waals surface area contributed by atoms with Gasteiger partial charge in [-0.3, -0.25) is 0 Å². The third-order valence-electron chi connectivity index (χ3n) is 2.11. The smallest absolute Gasteiger partial charge is 0.119 e. The van der Waals surface area contributed by atoms with Crippen LogP contribution in [0.15, 0.2) is 0 Å². The van der Waals surface area contributed by atoms with E-state index < -0.39 is 0 Å². The Kier molecular flexibility index (Phi) is 3.82. The Bertz CT molecular complexity index is 223. The highest BCUT2D eigenvalue weighted by molar-refractivity contribution is 7.98. The van der Waals surface area contributed by atoms with Crippen LogP contribution >= 0.6 is 11.9 Å². The minimum Gasteiger partial charge on any atom is -0.381 e. The zero-order valence-electron chi connectivity index (χ0n) is 9.09. The lowest BCUT2D eigenvalue weighted by Gasteiger charge is -2.33. The van der Waals surface area contributed by atoms with Crippen molar-refractivity contribution in [1.82, 2.24) is 4.72 Å². The number of rotatable bonds is 2. The molecule has 14 heavy (non-hydrogen) atoms. The molecule has 0 aromatic rings. The number of hydrogen-bond acceptors (Lipinski definition) is 4. The van der Waals surface area contributed by atoms with Crippen LogP contribution in [0.4, 0.5) is 0 Å². The van der Waals surface area contributed by atoms with Gasteiger partial charge in [0.25, 0.3) is 0 Å². The van der Waals surface area contributed by atoms with Crippen molar-refractivity contribution in [2.24, 2.45) is 0 Å². The molecule has 4 heteroatoms. The molecular formula is C10H18N2OS. The summed E-state index contributed by atoms with van der Waals surface area (Å²) in [6.07, 6.45) is 1.57. The fourth-order valence-corrected chi connectivity index (χ4v) is 1.96. The molecule has 0 atom stereocenters. The Hall–Kier alpha value is -0.240. The van der Waals surface area contributed by atoms with Gasteiger partial charge in [-0.15, -0.1) is 0 Å². The van der Waals surface area contributed by atoms with Crippen LogP contribution in [0.3, 0.4) is 0 Å². The average Bonchev–Trinajstić information content (AvgIpc) is 2.15. The zero-order valence-corrected chi connectivity index (χ0v) is 9.91. The molecule has 0 unspecified atom stereocenters. The van der Waals surface area contributed by atoms with Crippen molar-refractivity contribution in [2.75, 3.05) is 13.2 Å². The van der Waals surface area contributed by atoms with Gasteiger partial charge < -0.3 is 4.74 Å². The highest BCUT2D eigenvalue weighted by atomic mass is 32.2. The molecule has 3 nitrogen and oxygen atoms in total. The summed E-state index contributed by atoms with van der Waals surface area (Å²) in [6.45, 7) is 7.77. The molecule has 0 aliphatic carbocycles. The predicted octanol–water partition coefficient (Wildman–Crippen LogP) is 2.10. The zero-order chi connectivity index (χ0) is 10.7. The Morgan fingerprint density at radius 3 is 2.36 bits per heavy atom. The van der Waals surface area contributed by atoms with Crippen molar-refractivity contribution in [3.63, 3.8) is 0 Å². The number of nitrogens with zero attached hydrogens (tertiary/aromatic N) is 1. The van der Waals surface area contributed by atoms with Crippen molar-refractivity contribution in [2.45, 2.75) is 43.9 Å². The van der Waals surface area contributed by atoms with Gasteiger partial charge in [-0.05, 0) is 20.8 Å². The number of hydrogen-bond donors (Lipinski definition) is 1. The summed E-state index contributed by atoms with van der Waals surface area (Å²) in [4.78, 5) is 0. The molecule has 0 spiro atoms. The summed E-state index contributed by atoms with van der Waals surface area (Å²) >= 11 is 1.64. The molecular weight excluding hydrogens is 196 g/mol. The maximum absolute atomic E-state index is 9.16. The van der Waals surface area contributed by atoms with Crippen LogP contribution in [-0.2, 0) is 4.74 Å². The van der Waals surface area contributed by atoms with Crippen molar-refractivity contribution in [3.05, 3.63) is 0 Å². The van der Waals surface area contributed by atoms with Gasteiger partial charge in [0.2, 0.25) is 0 Å². The summed E-state index contributed by atoms with van der Waals surface area (Å²) in [6, 6.07) is 2.38. The van der Waals surface area contributed by atoms with E-state index in [0.717, 1.165) is 12.8 Å². The Morgan fingerprint density at radius 1 is 1.36 bits per heavy atom. The van der Waals surface area contributed by atoms with Crippen molar-refractivity contribution in [1.29, 1.82) is 5.26 Å². The van der Waals surface area contributed by atoms with E-state index in [-0.39, 0.29) is 10.3 Å². The van der Waals surface area contributed by atoms with Crippen LogP contribution in [-0.4, -0.2) is 23.5 Å². The molecule has 0 aromatic heterocycles. The van der Waals surface area contributed by atoms with Gasteiger partial charge in [-0.25, -0.2) is 4.72 Å². The average molecular weight is 214 g/mol. The lowest BCUT2D eigenvalue weighted by molar-refractivity contribution is 0.0659. The molecule has 0 bridgehead atoms. The van der Waals surface area contributed by atoms with E-state index in [2.05, 4.69) is 31.6 Å². The predicted molar refractivity (Wildman–Crippen MR) is 58.9 cm³/mol. The normalized spacial score (nSPS) is 21.6. The quantitative estimate of drug-likeness (QED) is 0.715. The van der Waals surface area contributed by atoms with E-state index in [0.29, 0.717) is 13.2 Å². The van der Waals surface area contributed by atoms with Crippen molar-refractivity contribution >= 4 is 11.9 Å². The van der Waals surface area contributed by atoms with Gasteiger partial charge in [0.05, 0.1) is 6.07 Å². The van der Waals surface area contributed by atoms with E-state index in [9.17, 15) is 0 Å². The summed E-state index contributed by atoms with van der Waals surface area (Å²) in [5.41, 5.74) is -0.379. The standard InChI is InChI=1S/C10H18N2OS/c1-9(2,3)14-12-10(8-11)4-6-13-7-5-10/h12H,4-7H2,1-3H3. The molecule has 1 aliphatic rings. The van der Waals surface area contributed by atoms with Gasteiger partial charge in [0.15, 0.2) is 0 Å². The number of ether oxygens (including phenoxy) is 1. The highest BCUT2D eigenvalue weighted by Crippen LogP contribution is 2.28. The van der Waals surface area contributed by atoms with E-state index in [1.807, 2.05) is 0 Å². The van der Waals surface area contributed by atoms with E-state index in [1.54, 1.807) is 11.9 Å². The topological polar surface area (TPSA) is 45.0 Å². The Labute approximate surface area is 90.3 Å². The summed E-state index contributed by atoms with van der Waals surface area (Å²) in [7, 11) is 0. The van der Waals surface area contributed by atoms with Crippen LogP contribution in [0.1, 0.15) is 33.6 Å². The van der Waals surface area contributed by atoms with Gasteiger partial charge >= 0.3 is 0 Å². The first-order valence-electron chi connectivity index (χ1n) is 4.92. The van der Waals surface area contributed by atoms with Crippen LogP contribution in [0.2, 0.25) is 0 Å². The largest absolute Gasteiger partial charge is 0.381 e. The Balaban J connectivity index is 2.50. The molecule has 1 aliphatic heterocycles. The van der Waals surface area contributed by atoms with Crippen molar-refractivity contribution < 1.29 is 4.74 Å². The van der Waals surface area contributed by atoms with Gasteiger partial charge in [0, 0.05) is 30.8 Å². The molecule has 1 heterocycles. The third-order valence-corrected chi connectivity index (χ3v) is 3.22. The van der Waals surface area contributed by atoms with E-state index in [1.165, 1.54) is 0 Å². The first-order valence-corrected chi connectivity index (χ1v) is 5.73. The van der Waals surface area contributed by atoms with Gasteiger partial charge in [-0.2, -0.15) is 5.26 Å². The lowest BCUT2D eigenvalue weighted by atomic mass is 9.93. The molecule has 1 fully saturated rings. The van der Waals surface area contributed by atoms with Crippen molar-refractivity contribution in [3.8, 4) is 6.07 Å². The summed E-state index contributed by atoms with van der Waals surface area (Å²) < 4.78 is 8.70. The molecule has 0 amide bonds. The second-order valence-corrected chi connectivity index (χ2v) is 6.26. The third kappa shape index (κ3) is 3.49. The Morgan fingerprint density at radius 2 is 1.93 bits per heavy atom. The molecule has 0 aromatic carbocycles. The van der Waals surface area contributed by atoms with Gasteiger partial charge in [-0.1, -0.05) is 11.9 Å². The van der Waals surface area contributed by atoms with Crippen LogP contribution in [0, 0.1) is 11.3 Å². The molecule has 1 saturated heterocycles. The monoisotopic (exact) mass is 214 g/mol. The van der Waals surface area contributed by atoms with Crippen LogP contribution in [0.25, 0.3) is 0 Å². The second-order valence-electron chi connectivity index (χ2n) is 4.62. The first-order chi connectivity index (χ1) is 6.47. The van der Waals surface area contributed by atoms with E-state index in [4.69, 9.17) is 10.00 Å². The minimum absolute atomic E-state index is 0.141. The summed E-state index contributed by atoms with van der Waals surface area (Å²) in [5, 5.41) is 9.16. The molecule has 1 rings (SSSR count). The molecule has 0 saturated carbocycles. The van der Waals surface area contributed by atoms with Crippen LogP contribution < -0.4 is 4.72 Å². The lowest BCUT2D eigenvalue weighted by Crippen LogP contribution is -2.46. The highest BCUT2D eigenvalue weighted by Gasteiger charge is 2.33. The molecule has 1 N–H and O–H groups in total. The number of nitrogens with one attached hydrogen (secondary N) is 1. The summed E-state index contributed by atoms with van der Waals surface area (Å²) in [5.74, 6) is 0. The SMILES string of the molecule is CC(C)(C)SNC1(C#N)CCOCC1. The first kappa shape index (κ1) is 11.8.